The summed E-state index contributed by atoms with van der Waals surface area (Å²) >= 11 is 0. The Balaban J connectivity index is 1.52. The molecule has 2 aliphatic rings. The quantitative estimate of drug-likeness (QED) is 0.817. The van der Waals surface area contributed by atoms with Crippen molar-refractivity contribution >= 4 is 5.91 Å². The maximum atomic E-state index is 12.9. The van der Waals surface area contributed by atoms with Crippen LogP contribution < -0.4 is 0 Å². The third-order valence-electron chi connectivity index (χ3n) is 5.76. The molecule has 0 aliphatic carbocycles. The van der Waals surface area contributed by atoms with Crippen LogP contribution >= 0.6 is 0 Å². The third-order valence-corrected chi connectivity index (χ3v) is 5.76. The van der Waals surface area contributed by atoms with Crippen LogP contribution in [0.4, 0.5) is 0 Å². The highest BCUT2D eigenvalue weighted by atomic mass is 16.5. The fourth-order valence-corrected chi connectivity index (χ4v) is 4.20. The maximum Gasteiger partial charge on any atom is 0.247 e. The predicted octanol–water partition coefficient (Wildman–Crippen LogP) is 2.02. The summed E-state index contributed by atoms with van der Waals surface area (Å²) in [6.45, 7) is 11.1. The first-order valence-corrected chi connectivity index (χ1v) is 9.55. The van der Waals surface area contributed by atoms with Gasteiger partial charge in [-0.15, -0.1) is 0 Å². The second kappa shape index (κ2) is 7.87. The van der Waals surface area contributed by atoms with Gasteiger partial charge in [0.25, 0.3) is 0 Å². The number of aryl methyl sites for hydroxylation is 2. The molecular weight excluding hydrogens is 316 g/mol. The van der Waals surface area contributed by atoms with E-state index >= 15 is 0 Å². The van der Waals surface area contributed by atoms with Crippen LogP contribution in [-0.2, 0) is 9.53 Å². The molecule has 1 aromatic heterocycles. The van der Waals surface area contributed by atoms with Gasteiger partial charge in [-0.2, -0.15) is 5.10 Å². The summed E-state index contributed by atoms with van der Waals surface area (Å²) in [4.78, 5) is 17.4. The van der Waals surface area contributed by atoms with Crippen LogP contribution in [0.1, 0.15) is 43.6 Å². The van der Waals surface area contributed by atoms with E-state index in [9.17, 15) is 4.79 Å². The molecule has 0 aromatic carbocycles. The molecule has 2 saturated heterocycles. The molecule has 3 rings (SSSR count). The Kier molecular flexibility index (Phi) is 5.79. The summed E-state index contributed by atoms with van der Waals surface area (Å²) in [5.41, 5.74) is 2.00. The molecule has 3 heterocycles. The van der Waals surface area contributed by atoms with Gasteiger partial charge in [-0.05, 0) is 52.0 Å². The van der Waals surface area contributed by atoms with E-state index in [0.717, 1.165) is 57.1 Å². The number of piperidine rings is 1. The molecule has 1 amide bonds. The number of ether oxygens (including phenoxy) is 1. The molecule has 0 saturated carbocycles. The molecule has 0 bridgehead atoms. The zero-order valence-corrected chi connectivity index (χ0v) is 16.1. The van der Waals surface area contributed by atoms with Gasteiger partial charge >= 0.3 is 0 Å². The maximum absolute atomic E-state index is 12.9. The smallest absolute Gasteiger partial charge is 0.247 e. The monoisotopic (exact) mass is 348 g/mol. The zero-order chi connectivity index (χ0) is 18.0. The number of carbonyl (C=O) groups excluding carboxylic acids is 1. The number of carbonyl (C=O) groups is 1. The number of likely N-dealkylation sites (N-methyl/N-ethyl adjacent to an activating group) is 1. The first-order chi connectivity index (χ1) is 12.0. The molecule has 6 nitrogen and oxygen atoms in total. The summed E-state index contributed by atoms with van der Waals surface area (Å²) in [5, 5.41) is 4.48. The highest BCUT2D eigenvalue weighted by Crippen LogP contribution is 2.22. The molecule has 25 heavy (non-hydrogen) atoms. The highest BCUT2D eigenvalue weighted by Gasteiger charge is 2.30. The Bertz CT molecular complexity index is 586. The van der Waals surface area contributed by atoms with Crippen LogP contribution in [-0.4, -0.2) is 71.4 Å². The molecule has 0 radical (unpaired) electrons. The van der Waals surface area contributed by atoms with Gasteiger partial charge in [0.15, 0.2) is 0 Å². The van der Waals surface area contributed by atoms with Gasteiger partial charge in [-0.3, -0.25) is 9.48 Å². The van der Waals surface area contributed by atoms with E-state index in [1.54, 1.807) is 0 Å². The van der Waals surface area contributed by atoms with Gasteiger partial charge in [0.05, 0.1) is 12.3 Å². The molecule has 2 atom stereocenters. The zero-order valence-electron chi connectivity index (χ0n) is 16.1. The molecule has 0 N–H and O–H groups in total. The van der Waals surface area contributed by atoms with Crippen molar-refractivity contribution in [2.75, 3.05) is 39.9 Å². The number of nitrogens with zero attached hydrogens (tertiary/aromatic N) is 4. The van der Waals surface area contributed by atoms with Crippen LogP contribution in [0, 0.1) is 19.8 Å². The lowest BCUT2D eigenvalue weighted by atomic mass is 10.0. The number of hydrogen-bond donors (Lipinski definition) is 0. The molecule has 2 fully saturated rings. The number of aromatic nitrogens is 2. The first kappa shape index (κ1) is 18.4. The van der Waals surface area contributed by atoms with Gasteiger partial charge in [0.1, 0.15) is 6.04 Å². The number of rotatable bonds is 5. The van der Waals surface area contributed by atoms with Crippen LogP contribution in [0.25, 0.3) is 0 Å². The van der Waals surface area contributed by atoms with Crippen molar-refractivity contribution in [2.45, 2.75) is 52.1 Å². The van der Waals surface area contributed by atoms with Crippen molar-refractivity contribution in [3.8, 4) is 0 Å². The standard InChI is InChI=1S/C19H32N4O2/c1-14-11-15(2)23(20-14)16(3)19(24)21(4)18-5-8-22(9-6-18)12-17-7-10-25-13-17/h11,16-18H,5-10,12-13H2,1-4H3/t16-,17-/m0/s1. The molecule has 0 unspecified atom stereocenters. The second-order valence-corrected chi connectivity index (χ2v) is 7.76. The Morgan fingerprint density at radius 2 is 2.08 bits per heavy atom. The Morgan fingerprint density at radius 3 is 2.64 bits per heavy atom. The van der Waals surface area contributed by atoms with Crippen molar-refractivity contribution in [3.05, 3.63) is 17.5 Å². The van der Waals surface area contributed by atoms with E-state index in [1.807, 2.05) is 43.5 Å². The van der Waals surface area contributed by atoms with Crippen LogP contribution in [0.3, 0.4) is 0 Å². The summed E-state index contributed by atoms with van der Waals surface area (Å²) in [6.07, 6.45) is 3.30. The topological polar surface area (TPSA) is 50.6 Å². The van der Waals surface area contributed by atoms with Crippen molar-refractivity contribution in [1.29, 1.82) is 0 Å². The Morgan fingerprint density at radius 1 is 1.36 bits per heavy atom. The lowest BCUT2D eigenvalue weighted by Gasteiger charge is -2.38. The van der Waals surface area contributed by atoms with E-state index in [-0.39, 0.29) is 11.9 Å². The van der Waals surface area contributed by atoms with Gasteiger partial charge in [-0.25, -0.2) is 0 Å². The lowest BCUT2D eigenvalue weighted by Crippen LogP contribution is -2.48. The van der Waals surface area contributed by atoms with Gasteiger partial charge in [0, 0.05) is 45.0 Å². The predicted molar refractivity (Wildman–Crippen MR) is 97.6 cm³/mol. The minimum atomic E-state index is -0.243. The van der Waals surface area contributed by atoms with Crippen molar-refractivity contribution in [3.63, 3.8) is 0 Å². The lowest BCUT2D eigenvalue weighted by molar-refractivity contribution is -0.136. The summed E-state index contributed by atoms with van der Waals surface area (Å²) in [7, 11) is 1.95. The van der Waals surface area contributed by atoms with Crippen molar-refractivity contribution in [1.82, 2.24) is 19.6 Å². The normalized spacial score (nSPS) is 23.8. The average molecular weight is 348 g/mol. The molecular formula is C19H32N4O2. The van der Waals surface area contributed by atoms with E-state index < -0.39 is 0 Å². The van der Waals surface area contributed by atoms with E-state index in [4.69, 9.17) is 4.74 Å². The Hall–Kier alpha value is -1.40. The van der Waals surface area contributed by atoms with Crippen LogP contribution in [0.15, 0.2) is 6.07 Å². The summed E-state index contributed by atoms with van der Waals surface area (Å²) in [5.74, 6) is 0.857. The summed E-state index contributed by atoms with van der Waals surface area (Å²) in [6, 6.07) is 2.12. The molecule has 1 aromatic rings. The van der Waals surface area contributed by atoms with Gasteiger partial charge in [-0.1, -0.05) is 0 Å². The molecule has 6 heteroatoms. The van der Waals surface area contributed by atoms with E-state index in [2.05, 4.69) is 10.00 Å². The minimum absolute atomic E-state index is 0.161. The average Bonchev–Trinajstić information content (AvgIpc) is 3.22. The van der Waals surface area contributed by atoms with Gasteiger partial charge in [0.2, 0.25) is 5.91 Å². The molecule has 2 aliphatic heterocycles. The van der Waals surface area contributed by atoms with E-state index in [1.165, 1.54) is 6.42 Å². The van der Waals surface area contributed by atoms with E-state index in [0.29, 0.717) is 12.0 Å². The van der Waals surface area contributed by atoms with Crippen molar-refractivity contribution < 1.29 is 9.53 Å². The second-order valence-electron chi connectivity index (χ2n) is 7.76. The Labute approximate surface area is 151 Å². The largest absolute Gasteiger partial charge is 0.381 e. The summed E-state index contributed by atoms with van der Waals surface area (Å²) < 4.78 is 7.33. The number of hydrogen-bond acceptors (Lipinski definition) is 4. The van der Waals surface area contributed by atoms with Crippen molar-refractivity contribution in [2.24, 2.45) is 5.92 Å². The minimum Gasteiger partial charge on any atom is -0.381 e. The number of likely N-dealkylation sites (tertiary alicyclic amines) is 1. The third kappa shape index (κ3) is 4.23. The fraction of sp³-hybridized carbons (Fsp3) is 0.789. The molecule has 0 spiro atoms. The highest BCUT2D eigenvalue weighted by molar-refractivity contribution is 5.80. The SMILES string of the molecule is Cc1cc(C)n([C@@H](C)C(=O)N(C)C2CCN(C[C@@H]3CCOC3)CC2)n1. The molecule has 140 valence electrons. The first-order valence-electron chi connectivity index (χ1n) is 9.55. The fourth-order valence-electron chi connectivity index (χ4n) is 4.20. The van der Waals surface area contributed by atoms with Crippen LogP contribution in [0.5, 0.6) is 0 Å². The van der Waals surface area contributed by atoms with Crippen LogP contribution in [0.2, 0.25) is 0 Å². The van der Waals surface area contributed by atoms with Gasteiger partial charge < -0.3 is 14.5 Å². The number of amides is 1.